The van der Waals surface area contributed by atoms with Gasteiger partial charge in [-0.3, -0.25) is 4.79 Å². The van der Waals surface area contributed by atoms with Crippen molar-refractivity contribution in [1.82, 2.24) is 5.32 Å². The molecule has 5 heteroatoms. The Labute approximate surface area is 123 Å². The van der Waals surface area contributed by atoms with Crippen LogP contribution in [0.4, 0.5) is 0 Å². The zero-order chi connectivity index (χ0) is 14.2. The maximum absolute atomic E-state index is 12.0. The van der Waals surface area contributed by atoms with Crippen LogP contribution in [0, 0.1) is 17.8 Å². The van der Waals surface area contributed by atoms with Gasteiger partial charge in [0.25, 0.3) is 5.91 Å². The van der Waals surface area contributed by atoms with Gasteiger partial charge in [-0.2, -0.15) is 0 Å². The Kier molecular flexibility index (Phi) is 6.06. The molecule has 1 saturated heterocycles. The third-order valence-electron chi connectivity index (χ3n) is 3.08. The number of aliphatic hydroxyl groups excluding tert-OH is 1. The highest BCUT2D eigenvalue weighted by molar-refractivity contribution is 7.14. The maximum atomic E-state index is 12.0. The number of carbonyl (C=O) groups is 1. The van der Waals surface area contributed by atoms with Crippen molar-refractivity contribution in [3.63, 3.8) is 0 Å². The number of ether oxygens (including phenoxy) is 1. The van der Waals surface area contributed by atoms with Gasteiger partial charge in [0.15, 0.2) is 0 Å². The predicted octanol–water partition coefficient (Wildman–Crippen LogP) is 1.64. The first kappa shape index (κ1) is 15.0. The highest BCUT2D eigenvalue weighted by Crippen LogP contribution is 2.16. The van der Waals surface area contributed by atoms with Crippen LogP contribution >= 0.6 is 11.3 Å². The van der Waals surface area contributed by atoms with Crippen LogP contribution in [0.25, 0.3) is 0 Å². The SMILES string of the molecule is O=C(NCC1CCCOC1)c1ccc(C#CCCO)s1. The number of aliphatic hydroxyl groups is 1. The predicted molar refractivity (Wildman–Crippen MR) is 78.8 cm³/mol. The zero-order valence-electron chi connectivity index (χ0n) is 11.4. The Hall–Kier alpha value is -1.35. The standard InChI is InChI=1S/C15H19NO3S/c17-8-2-1-5-13-6-7-14(20-13)15(18)16-10-12-4-3-9-19-11-12/h6-7,12,17H,2-4,8-11H2,(H,16,18). The Balaban J connectivity index is 1.81. The molecular formula is C15H19NO3S. The van der Waals surface area contributed by atoms with E-state index in [-0.39, 0.29) is 12.5 Å². The summed E-state index contributed by atoms with van der Waals surface area (Å²) in [6, 6.07) is 3.63. The summed E-state index contributed by atoms with van der Waals surface area (Å²) < 4.78 is 5.39. The van der Waals surface area contributed by atoms with Crippen LogP contribution in [-0.4, -0.2) is 37.4 Å². The second-order valence-electron chi connectivity index (χ2n) is 4.73. The number of amides is 1. The minimum atomic E-state index is -0.0456. The van der Waals surface area contributed by atoms with Crippen molar-refractivity contribution < 1.29 is 14.6 Å². The van der Waals surface area contributed by atoms with Crippen LogP contribution in [0.3, 0.4) is 0 Å². The van der Waals surface area contributed by atoms with Gasteiger partial charge >= 0.3 is 0 Å². The van der Waals surface area contributed by atoms with Gasteiger partial charge in [-0.15, -0.1) is 11.3 Å². The highest BCUT2D eigenvalue weighted by Gasteiger charge is 2.16. The van der Waals surface area contributed by atoms with Crippen molar-refractivity contribution in [2.75, 3.05) is 26.4 Å². The van der Waals surface area contributed by atoms with Gasteiger partial charge in [0.1, 0.15) is 0 Å². The minimum Gasteiger partial charge on any atom is -0.395 e. The summed E-state index contributed by atoms with van der Waals surface area (Å²) in [4.78, 5) is 13.5. The number of hydrogen-bond donors (Lipinski definition) is 2. The highest BCUT2D eigenvalue weighted by atomic mass is 32.1. The van der Waals surface area contributed by atoms with Crippen molar-refractivity contribution in [2.45, 2.75) is 19.3 Å². The van der Waals surface area contributed by atoms with E-state index >= 15 is 0 Å². The van der Waals surface area contributed by atoms with Crippen LogP contribution in [0.5, 0.6) is 0 Å². The number of hydrogen-bond acceptors (Lipinski definition) is 4. The molecule has 2 heterocycles. The second kappa shape index (κ2) is 8.05. The summed E-state index contributed by atoms with van der Waals surface area (Å²) >= 11 is 1.38. The van der Waals surface area contributed by atoms with Gasteiger partial charge in [0.05, 0.1) is 23.0 Å². The molecule has 1 aromatic rings. The molecule has 1 fully saturated rings. The molecule has 0 spiro atoms. The van der Waals surface area contributed by atoms with Gasteiger partial charge in [-0.25, -0.2) is 0 Å². The molecule has 1 aliphatic heterocycles. The van der Waals surface area contributed by atoms with Gasteiger partial charge < -0.3 is 15.2 Å². The first-order valence-corrected chi connectivity index (χ1v) is 7.66. The van der Waals surface area contributed by atoms with E-state index in [2.05, 4.69) is 17.2 Å². The lowest BCUT2D eigenvalue weighted by atomic mass is 10.0. The average Bonchev–Trinajstić information content (AvgIpc) is 2.95. The van der Waals surface area contributed by atoms with E-state index in [1.165, 1.54) is 11.3 Å². The Morgan fingerprint density at radius 2 is 2.45 bits per heavy atom. The molecule has 2 rings (SSSR count). The largest absolute Gasteiger partial charge is 0.395 e. The lowest BCUT2D eigenvalue weighted by Gasteiger charge is -2.21. The molecule has 2 N–H and O–H groups in total. The first-order chi connectivity index (χ1) is 9.79. The van der Waals surface area contributed by atoms with Gasteiger partial charge in [0.2, 0.25) is 0 Å². The Morgan fingerprint density at radius 1 is 1.55 bits per heavy atom. The van der Waals surface area contributed by atoms with Crippen LogP contribution in [0.2, 0.25) is 0 Å². The molecule has 1 amide bonds. The normalized spacial score (nSPS) is 18.1. The van der Waals surface area contributed by atoms with Crippen LogP contribution in [0.15, 0.2) is 12.1 Å². The third kappa shape index (κ3) is 4.64. The van der Waals surface area contributed by atoms with Crippen molar-refractivity contribution in [1.29, 1.82) is 0 Å². The molecule has 0 bridgehead atoms. The average molecular weight is 293 g/mol. The number of carbonyl (C=O) groups excluding carboxylic acids is 1. The van der Waals surface area contributed by atoms with E-state index < -0.39 is 0 Å². The van der Waals surface area contributed by atoms with Crippen molar-refractivity contribution >= 4 is 17.2 Å². The van der Waals surface area contributed by atoms with Gasteiger partial charge in [0, 0.05) is 19.6 Å². The maximum Gasteiger partial charge on any atom is 0.261 e. The second-order valence-corrected chi connectivity index (χ2v) is 5.82. The van der Waals surface area contributed by atoms with E-state index in [0.29, 0.717) is 23.8 Å². The van der Waals surface area contributed by atoms with Gasteiger partial charge in [-0.1, -0.05) is 11.8 Å². The fraction of sp³-hybridized carbons (Fsp3) is 0.533. The monoisotopic (exact) mass is 293 g/mol. The smallest absolute Gasteiger partial charge is 0.261 e. The molecule has 0 aromatic carbocycles. The molecule has 108 valence electrons. The quantitative estimate of drug-likeness (QED) is 0.830. The molecule has 1 atom stereocenters. The summed E-state index contributed by atoms with van der Waals surface area (Å²) in [6.07, 6.45) is 2.65. The Morgan fingerprint density at radius 3 is 3.20 bits per heavy atom. The first-order valence-electron chi connectivity index (χ1n) is 6.85. The number of thiophene rings is 1. The molecule has 1 aromatic heterocycles. The fourth-order valence-corrected chi connectivity index (χ4v) is 2.82. The summed E-state index contributed by atoms with van der Waals surface area (Å²) in [6.45, 7) is 2.31. The summed E-state index contributed by atoms with van der Waals surface area (Å²) in [7, 11) is 0. The zero-order valence-corrected chi connectivity index (χ0v) is 12.2. The lowest BCUT2D eigenvalue weighted by molar-refractivity contribution is 0.0536. The summed E-state index contributed by atoms with van der Waals surface area (Å²) in [5, 5.41) is 11.6. The van der Waals surface area contributed by atoms with Crippen LogP contribution in [-0.2, 0) is 4.74 Å². The van der Waals surface area contributed by atoms with Crippen LogP contribution in [0.1, 0.15) is 33.8 Å². The van der Waals surface area contributed by atoms with E-state index in [0.717, 1.165) is 30.9 Å². The molecule has 1 unspecified atom stereocenters. The molecule has 0 radical (unpaired) electrons. The van der Waals surface area contributed by atoms with E-state index in [4.69, 9.17) is 9.84 Å². The lowest BCUT2D eigenvalue weighted by Crippen LogP contribution is -2.32. The molecule has 0 aliphatic carbocycles. The van der Waals surface area contributed by atoms with E-state index in [9.17, 15) is 4.79 Å². The van der Waals surface area contributed by atoms with Crippen LogP contribution < -0.4 is 5.32 Å². The van der Waals surface area contributed by atoms with Crippen molar-refractivity contribution in [3.8, 4) is 11.8 Å². The van der Waals surface area contributed by atoms with E-state index in [1.807, 2.05) is 6.07 Å². The molecule has 4 nitrogen and oxygen atoms in total. The van der Waals surface area contributed by atoms with Gasteiger partial charge in [-0.05, 0) is 30.9 Å². The number of nitrogens with one attached hydrogen (secondary N) is 1. The minimum absolute atomic E-state index is 0.0456. The molecule has 1 aliphatic rings. The molecule has 20 heavy (non-hydrogen) atoms. The molecule has 0 saturated carbocycles. The fourth-order valence-electron chi connectivity index (χ4n) is 2.03. The molecular weight excluding hydrogens is 274 g/mol. The van der Waals surface area contributed by atoms with E-state index in [1.54, 1.807) is 6.07 Å². The van der Waals surface area contributed by atoms with Crippen molar-refractivity contribution in [3.05, 3.63) is 21.9 Å². The van der Waals surface area contributed by atoms with Crippen molar-refractivity contribution in [2.24, 2.45) is 5.92 Å². The third-order valence-corrected chi connectivity index (χ3v) is 4.08. The summed E-state index contributed by atoms with van der Waals surface area (Å²) in [5.41, 5.74) is 0. The Bertz CT molecular complexity index is 495. The summed E-state index contributed by atoms with van der Waals surface area (Å²) in [5.74, 6) is 6.17. The topological polar surface area (TPSA) is 58.6 Å². The number of rotatable bonds is 4.